The number of carbonyl (C=O) groups excluding carboxylic acids is 1. The van der Waals surface area contributed by atoms with Crippen LogP contribution < -0.4 is 5.32 Å². The molecule has 1 aromatic heterocycles. The third-order valence-electron chi connectivity index (χ3n) is 4.57. The Hall–Kier alpha value is -3.14. The highest BCUT2D eigenvalue weighted by atomic mass is 16.1. The second-order valence-corrected chi connectivity index (χ2v) is 6.94. The molecule has 0 saturated carbocycles. The van der Waals surface area contributed by atoms with E-state index in [9.17, 15) is 4.79 Å². The number of amides is 1. The number of nitrogens with zero attached hydrogens (tertiary/aromatic N) is 2. The molecule has 0 spiro atoms. The number of para-hydroxylation sites is 1. The van der Waals surface area contributed by atoms with Gasteiger partial charge in [0.1, 0.15) is 0 Å². The Morgan fingerprint density at radius 1 is 1.04 bits per heavy atom. The first-order valence-corrected chi connectivity index (χ1v) is 9.16. The second-order valence-electron chi connectivity index (χ2n) is 6.94. The summed E-state index contributed by atoms with van der Waals surface area (Å²) in [7, 11) is 0. The highest BCUT2D eigenvalue weighted by Crippen LogP contribution is 2.23. The Morgan fingerprint density at radius 2 is 1.70 bits per heavy atom. The highest BCUT2D eigenvalue weighted by Gasteiger charge is 2.14. The van der Waals surface area contributed by atoms with Crippen LogP contribution in [0.1, 0.15) is 42.3 Å². The minimum atomic E-state index is -0.165. The van der Waals surface area contributed by atoms with E-state index in [0.717, 1.165) is 28.3 Å². The lowest BCUT2D eigenvalue weighted by atomic mass is 10.0. The summed E-state index contributed by atoms with van der Waals surface area (Å²) < 4.78 is 1.85. The van der Waals surface area contributed by atoms with E-state index in [1.165, 1.54) is 5.56 Å². The van der Waals surface area contributed by atoms with Gasteiger partial charge in [0.25, 0.3) is 0 Å². The van der Waals surface area contributed by atoms with Crippen LogP contribution in [0.25, 0.3) is 11.8 Å². The van der Waals surface area contributed by atoms with Crippen LogP contribution in [0.2, 0.25) is 0 Å². The zero-order chi connectivity index (χ0) is 19.4. The average Bonchev–Trinajstić information content (AvgIpc) is 2.95. The lowest BCUT2D eigenvalue weighted by molar-refractivity contribution is -0.111. The van der Waals surface area contributed by atoms with E-state index in [2.05, 4.69) is 36.4 Å². The van der Waals surface area contributed by atoms with Crippen molar-refractivity contribution in [2.24, 2.45) is 0 Å². The number of hydrogen-bond acceptors (Lipinski definition) is 2. The van der Waals surface area contributed by atoms with Gasteiger partial charge in [-0.3, -0.25) is 4.79 Å². The molecule has 0 radical (unpaired) electrons. The van der Waals surface area contributed by atoms with E-state index in [1.54, 1.807) is 6.08 Å². The van der Waals surface area contributed by atoms with Gasteiger partial charge in [-0.05, 0) is 49.1 Å². The lowest BCUT2D eigenvalue weighted by Crippen LogP contribution is -2.09. The third-order valence-corrected chi connectivity index (χ3v) is 4.57. The maximum absolute atomic E-state index is 12.4. The monoisotopic (exact) mass is 359 g/mol. The van der Waals surface area contributed by atoms with Crippen molar-refractivity contribution in [3.63, 3.8) is 0 Å². The molecule has 27 heavy (non-hydrogen) atoms. The number of anilines is 1. The molecule has 4 heteroatoms. The summed E-state index contributed by atoms with van der Waals surface area (Å²) >= 11 is 0. The molecule has 1 amide bonds. The van der Waals surface area contributed by atoms with Crippen LogP contribution in [0.4, 0.5) is 5.69 Å². The van der Waals surface area contributed by atoms with E-state index in [1.807, 2.05) is 67.1 Å². The fourth-order valence-electron chi connectivity index (χ4n) is 2.97. The molecule has 2 aromatic carbocycles. The Labute approximate surface area is 160 Å². The van der Waals surface area contributed by atoms with Crippen LogP contribution in [0.15, 0.2) is 60.7 Å². The molecular formula is C23H25N3O. The van der Waals surface area contributed by atoms with Crippen molar-refractivity contribution >= 4 is 17.7 Å². The first-order valence-electron chi connectivity index (χ1n) is 9.16. The Kier molecular flexibility index (Phi) is 5.55. The lowest BCUT2D eigenvalue weighted by Gasteiger charge is -2.06. The summed E-state index contributed by atoms with van der Waals surface area (Å²) in [6.45, 7) is 8.19. The van der Waals surface area contributed by atoms with Crippen LogP contribution in [0.5, 0.6) is 0 Å². The maximum Gasteiger partial charge on any atom is 0.248 e. The van der Waals surface area contributed by atoms with Gasteiger partial charge in [0, 0.05) is 6.08 Å². The molecule has 0 fully saturated rings. The number of rotatable bonds is 5. The van der Waals surface area contributed by atoms with Crippen LogP contribution in [0, 0.1) is 13.8 Å². The Balaban J connectivity index is 1.73. The zero-order valence-corrected chi connectivity index (χ0v) is 16.2. The summed E-state index contributed by atoms with van der Waals surface area (Å²) in [5.41, 5.74) is 5.71. The number of aromatic nitrogens is 2. The molecule has 0 saturated heterocycles. The van der Waals surface area contributed by atoms with Gasteiger partial charge in [0.2, 0.25) is 5.91 Å². The molecule has 0 aliphatic carbocycles. The molecule has 0 aliphatic rings. The van der Waals surface area contributed by atoms with Crippen LogP contribution in [-0.2, 0) is 4.79 Å². The summed E-state index contributed by atoms with van der Waals surface area (Å²) in [5, 5.41) is 7.52. The summed E-state index contributed by atoms with van der Waals surface area (Å²) in [6.07, 6.45) is 3.38. The number of carbonyl (C=O) groups is 1. The van der Waals surface area contributed by atoms with Gasteiger partial charge in [-0.1, -0.05) is 56.3 Å². The first kappa shape index (κ1) is 18.6. The summed E-state index contributed by atoms with van der Waals surface area (Å²) in [4.78, 5) is 12.4. The van der Waals surface area contributed by atoms with Gasteiger partial charge in [-0.25, -0.2) is 4.68 Å². The van der Waals surface area contributed by atoms with Crippen LogP contribution >= 0.6 is 0 Å². The molecule has 0 bridgehead atoms. The minimum absolute atomic E-state index is 0.165. The van der Waals surface area contributed by atoms with Crippen LogP contribution in [0.3, 0.4) is 0 Å². The number of benzene rings is 2. The van der Waals surface area contributed by atoms with Crippen LogP contribution in [-0.4, -0.2) is 15.7 Å². The minimum Gasteiger partial charge on any atom is -0.319 e. The van der Waals surface area contributed by atoms with Crippen molar-refractivity contribution in [2.45, 2.75) is 33.6 Å². The smallest absolute Gasteiger partial charge is 0.248 e. The van der Waals surface area contributed by atoms with Crippen molar-refractivity contribution < 1.29 is 4.79 Å². The van der Waals surface area contributed by atoms with Gasteiger partial charge >= 0.3 is 0 Å². The number of aryl methyl sites for hydroxylation is 1. The van der Waals surface area contributed by atoms with Crippen molar-refractivity contribution in [3.05, 3.63) is 83.2 Å². The SMILES string of the molecule is Cc1nn(-c2ccccc2)c(C)c1NC(=O)/C=C/c1ccc(C(C)C)cc1. The van der Waals surface area contributed by atoms with Crippen molar-refractivity contribution in [1.29, 1.82) is 0 Å². The largest absolute Gasteiger partial charge is 0.319 e. The predicted octanol–water partition coefficient (Wildman–Crippen LogP) is 5.26. The predicted molar refractivity (Wildman–Crippen MR) is 111 cm³/mol. The van der Waals surface area contributed by atoms with Crippen molar-refractivity contribution in [3.8, 4) is 5.69 Å². The van der Waals surface area contributed by atoms with E-state index in [-0.39, 0.29) is 5.91 Å². The van der Waals surface area contributed by atoms with Gasteiger partial charge in [-0.2, -0.15) is 5.10 Å². The molecule has 3 rings (SSSR count). The fourth-order valence-corrected chi connectivity index (χ4v) is 2.97. The summed E-state index contributed by atoms with van der Waals surface area (Å²) in [5.74, 6) is 0.333. The number of nitrogens with one attached hydrogen (secondary N) is 1. The van der Waals surface area contributed by atoms with E-state index >= 15 is 0 Å². The quantitative estimate of drug-likeness (QED) is 0.631. The standard InChI is InChI=1S/C23H25N3O/c1-16(2)20-13-10-19(11-14-20)12-15-22(27)24-23-17(3)25-26(18(23)4)21-8-6-5-7-9-21/h5-16H,1-4H3,(H,24,27)/b15-12+. The van der Waals surface area contributed by atoms with Gasteiger partial charge in [0.05, 0.1) is 22.8 Å². The molecule has 4 nitrogen and oxygen atoms in total. The molecule has 0 aliphatic heterocycles. The molecule has 0 unspecified atom stereocenters. The molecule has 1 heterocycles. The Bertz CT molecular complexity index is 951. The second kappa shape index (κ2) is 8.04. The van der Waals surface area contributed by atoms with E-state index in [4.69, 9.17) is 0 Å². The Morgan fingerprint density at radius 3 is 2.33 bits per heavy atom. The molecule has 0 atom stereocenters. The van der Waals surface area contributed by atoms with Gasteiger partial charge in [-0.15, -0.1) is 0 Å². The maximum atomic E-state index is 12.4. The molecule has 3 aromatic rings. The normalized spacial score (nSPS) is 11.3. The zero-order valence-electron chi connectivity index (χ0n) is 16.2. The average molecular weight is 359 g/mol. The van der Waals surface area contributed by atoms with Crippen molar-refractivity contribution in [1.82, 2.24) is 9.78 Å². The molecule has 1 N–H and O–H groups in total. The topological polar surface area (TPSA) is 46.9 Å². The van der Waals surface area contributed by atoms with Gasteiger partial charge in [0.15, 0.2) is 0 Å². The van der Waals surface area contributed by atoms with E-state index in [0.29, 0.717) is 5.92 Å². The highest BCUT2D eigenvalue weighted by molar-refractivity contribution is 6.02. The molecule has 138 valence electrons. The first-order chi connectivity index (χ1) is 13.0. The summed E-state index contributed by atoms with van der Waals surface area (Å²) in [6, 6.07) is 18.1. The van der Waals surface area contributed by atoms with Crippen molar-refractivity contribution in [2.75, 3.05) is 5.32 Å². The van der Waals surface area contributed by atoms with Gasteiger partial charge < -0.3 is 5.32 Å². The molecular weight excluding hydrogens is 334 g/mol. The van der Waals surface area contributed by atoms with E-state index < -0.39 is 0 Å². The third kappa shape index (κ3) is 4.34. The fraction of sp³-hybridized carbons (Fsp3) is 0.217. The number of hydrogen-bond donors (Lipinski definition) is 1.